The quantitative estimate of drug-likeness (QED) is 0.841. The lowest BCUT2D eigenvalue weighted by atomic mass is 9.92. The van der Waals surface area contributed by atoms with E-state index in [0.29, 0.717) is 17.9 Å². The van der Waals surface area contributed by atoms with Gasteiger partial charge in [-0.1, -0.05) is 6.07 Å². The lowest BCUT2D eigenvalue weighted by molar-refractivity contribution is 0.136. The molecule has 1 aliphatic heterocycles. The first-order valence-electron chi connectivity index (χ1n) is 7.90. The third kappa shape index (κ3) is 3.23. The fourth-order valence-electron chi connectivity index (χ4n) is 3.52. The highest BCUT2D eigenvalue weighted by molar-refractivity contribution is 5.40. The number of nitrogens with one attached hydrogen (secondary N) is 1. The van der Waals surface area contributed by atoms with Gasteiger partial charge in [0.2, 0.25) is 0 Å². The molecule has 1 heterocycles. The van der Waals surface area contributed by atoms with Gasteiger partial charge in [-0.2, -0.15) is 0 Å². The average molecular weight is 291 g/mol. The Morgan fingerprint density at radius 2 is 2.33 bits per heavy atom. The summed E-state index contributed by atoms with van der Waals surface area (Å²) >= 11 is 0. The first-order chi connectivity index (χ1) is 10.3. The average Bonchev–Trinajstić information content (AvgIpc) is 3.17. The fourth-order valence-corrected chi connectivity index (χ4v) is 3.52. The molecule has 0 radical (unpaired) electrons. The van der Waals surface area contributed by atoms with E-state index in [1.807, 2.05) is 6.07 Å². The predicted octanol–water partition coefficient (Wildman–Crippen LogP) is 1.92. The third-order valence-corrected chi connectivity index (χ3v) is 4.92. The van der Waals surface area contributed by atoms with Gasteiger partial charge in [0.1, 0.15) is 5.75 Å². The van der Waals surface area contributed by atoms with Crippen molar-refractivity contribution in [3.63, 3.8) is 0 Å². The van der Waals surface area contributed by atoms with Crippen molar-refractivity contribution in [1.29, 1.82) is 0 Å². The van der Waals surface area contributed by atoms with Crippen LogP contribution in [0.2, 0.25) is 0 Å². The molecule has 1 aromatic rings. The van der Waals surface area contributed by atoms with Crippen molar-refractivity contribution < 1.29 is 14.6 Å². The summed E-state index contributed by atoms with van der Waals surface area (Å²) in [7, 11) is 1.71. The van der Waals surface area contributed by atoms with E-state index in [1.54, 1.807) is 7.11 Å². The Balaban J connectivity index is 1.61. The van der Waals surface area contributed by atoms with Gasteiger partial charge in [0.15, 0.2) is 0 Å². The number of ether oxygens (including phenoxy) is 2. The van der Waals surface area contributed by atoms with Crippen LogP contribution in [0.3, 0.4) is 0 Å². The Hall–Kier alpha value is -1.10. The molecule has 1 aromatic carbocycles. The fraction of sp³-hybridized carbons (Fsp3) is 0.647. The number of aryl methyl sites for hydroxylation is 1. The normalized spacial score (nSPS) is 25.8. The monoisotopic (exact) mass is 291 g/mol. The van der Waals surface area contributed by atoms with Crippen molar-refractivity contribution in [2.45, 2.75) is 25.3 Å². The number of benzene rings is 1. The molecule has 0 aromatic heterocycles. The number of rotatable bonds is 6. The molecule has 3 atom stereocenters. The van der Waals surface area contributed by atoms with Gasteiger partial charge in [0.25, 0.3) is 0 Å². The number of methoxy groups -OCH3 is 1. The summed E-state index contributed by atoms with van der Waals surface area (Å²) in [4.78, 5) is 0. The van der Waals surface area contributed by atoms with Crippen molar-refractivity contribution >= 4 is 0 Å². The highest BCUT2D eigenvalue weighted by atomic mass is 16.5. The molecule has 116 valence electrons. The zero-order valence-electron chi connectivity index (χ0n) is 12.7. The largest absolute Gasteiger partial charge is 0.497 e. The Kier molecular flexibility index (Phi) is 4.78. The van der Waals surface area contributed by atoms with Gasteiger partial charge in [-0.15, -0.1) is 0 Å². The van der Waals surface area contributed by atoms with Gasteiger partial charge in [-0.3, -0.25) is 0 Å². The molecule has 4 nitrogen and oxygen atoms in total. The number of hydrogen-bond acceptors (Lipinski definition) is 4. The van der Waals surface area contributed by atoms with Gasteiger partial charge >= 0.3 is 0 Å². The van der Waals surface area contributed by atoms with E-state index in [0.717, 1.165) is 44.8 Å². The van der Waals surface area contributed by atoms with Crippen molar-refractivity contribution in [2.24, 2.45) is 11.8 Å². The van der Waals surface area contributed by atoms with E-state index in [2.05, 4.69) is 17.4 Å². The highest BCUT2D eigenvalue weighted by Gasteiger charge is 2.28. The van der Waals surface area contributed by atoms with Crippen LogP contribution in [0.1, 0.15) is 30.0 Å². The zero-order valence-corrected chi connectivity index (χ0v) is 12.7. The van der Waals surface area contributed by atoms with Gasteiger partial charge in [0.05, 0.1) is 7.11 Å². The van der Waals surface area contributed by atoms with Crippen molar-refractivity contribution in [3.05, 3.63) is 29.3 Å². The molecule has 0 amide bonds. The Labute approximate surface area is 126 Å². The maximum Gasteiger partial charge on any atom is 0.119 e. The van der Waals surface area contributed by atoms with Crippen LogP contribution in [0, 0.1) is 11.8 Å². The molecule has 21 heavy (non-hydrogen) atoms. The summed E-state index contributed by atoms with van der Waals surface area (Å²) in [5.41, 5.74) is 2.77. The molecule has 3 unspecified atom stereocenters. The Bertz CT molecular complexity index is 471. The first-order valence-corrected chi connectivity index (χ1v) is 7.90. The number of hydrogen-bond donors (Lipinski definition) is 2. The molecule has 2 N–H and O–H groups in total. The second-order valence-electron chi connectivity index (χ2n) is 6.13. The maximum atomic E-state index is 9.62. The number of aliphatic hydroxyl groups is 1. The molecule has 4 heteroatoms. The second kappa shape index (κ2) is 6.77. The highest BCUT2D eigenvalue weighted by Crippen LogP contribution is 2.34. The third-order valence-electron chi connectivity index (χ3n) is 4.92. The molecule has 1 aliphatic carbocycles. The van der Waals surface area contributed by atoms with E-state index in [4.69, 9.17) is 9.47 Å². The SMILES string of the molecule is COc1ccc2c(c1)C(NCC(CO)C1CCOC1)CC2. The predicted molar refractivity (Wildman–Crippen MR) is 81.6 cm³/mol. The lowest BCUT2D eigenvalue weighted by Gasteiger charge is -2.23. The topological polar surface area (TPSA) is 50.7 Å². The van der Waals surface area contributed by atoms with Crippen LogP contribution in [-0.4, -0.2) is 38.6 Å². The van der Waals surface area contributed by atoms with Crippen molar-refractivity contribution in [2.75, 3.05) is 33.5 Å². The minimum absolute atomic E-state index is 0.235. The minimum Gasteiger partial charge on any atom is -0.497 e. The van der Waals surface area contributed by atoms with Crippen molar-refractivity contribution in [3.8, 4) is 5.75 Å². The van der Waals surface area contributed by atoms with E-state index < -0.39 is 0 Å². The molecule has 0 bridgehead atoms. The lowest BCUT2D eigenvalue weighted by Crippen LogP contribution is -2.33. The maximum absolute atomic E-state index is 9.62. The van der Waals surface area contributed by atoms with Crippen LogP contribution < -0.4 is 10.1 Å². The van der Waals surface area contributed by atoms with E-state index in [-0.39, 0.29) is 6.61 Å². The molecular weight excluding hydrogens is 266 g/mol. The molecule has 3 rings (SSSR count). The summed E-state index contributed by atoms with van der Waals surface area (Å²) in [6, 6.07) is 6.73. The first kappa shape index (κ1) is 14.8. The summed E-state index contributed by atoms with van der Waals surface area (Å²) in [6.45, 7) is 2.72. The Morgan fingerprint density at radius 1 is 1.43 bits per heavy atom. The van der Waals surface area contributed by atoms with Gasteiger partial charge < -0.3 is 19.9 Å². The zero-order chi connectivity index (χ0) is 14.7. The number of fused-ring (bicyclic) bond motifs is 1. The van der Waals surface area contributed by atoms with E-state index in [9.17, 15) is 5.11 Å². The second-order valence-corrected chi connectivity index (χ2v) is 6.13. The molecule has 1 saturated heterocycles. The van der Waals surface area contributed by atoms with Crippen LogP contribution >= 0.6 is 0 Å². The van der Waals surface area contributed by atoms with Crippen LogP contribution in [0.5, 0.6) is 5.75 Å². The van der Waals surface area contributed by atoms with Crippen LogP contribution in [0.25, 0.3) is 0 Å². The summed E-state index contributed by atoms with van der Waals surface area (Å²) in [5.74, 6) is 1.71. The summed E-state index contributed by atoms with van der Waals surface area (Å²) in [5, 5.41) is 13.3. The van der Waals surface area contributed by atoms with Gasteiger partial charge in [0, 0.05) is 32.4 Å². The molecule has 2 aliphatic rings. The summed E-state index contributed by atoms with van der Waals surface area (Å²) < 4.78 is 10.8. The van der Waals surface area contributed by atoms with E-state index >= 15 is 0 Å². The van der Waals surface area contributed by atoms with Gasteiger partial charge in [-0.25, -0.2) is 0 Å². The smallest absolute Gasteiger partial charge is 0.119 e. The number of aliphatic hydroxyl groups excluding tert-OH is 1. The molecule has 1 fully saturated rings. The van der Waals surface area contributed by atoms with Crippen molar-refractivity contribution in [1.82, 2.24) is 5.32 Å². The van der Waals surface area contributed by atoms with E-state index in [1.165, 1.54) is 11.1 Å². The molecular formula is C17H25NO3. The standard InChI is InChI=1S/C17H25NO3/c1-20-15-4-2-12-3-5-17(16(12)8-15)18-9-14(10-19)13-6-7-21-11-13/h2,4,8,13-14,17-19H,3,5-7,9-11H2,1H3. The van der Waals surface area contributed by atoms with Crippen LogP contribution in [0.15, 0.2) is 18.2 Å². The van der Waals surface area contributed by atoms with Crippen LogP contribution in [0.4, 0.5) is 0 Å². The summed E-state index contributed by atoms with van der Waals surface area (Å²) in [6.07, 6.45) is 3.32. The molecule has 0 spiro atoms. The molecule has 0 saturated carbocycles. The minimum atomic E-state index is 0.235. The van der Waals surface area contributed by atoms with Gasteiger partial charge in [-0.05, 0) is 54.4 Å². The van der Waals surface area contributed by atoms with Crippen LogP contribution in [-0.2, 0) is 11.2 Å². The Morgan fingerprint density at radius 3 is 3.05 bits per heavy atom.